The minimum absolute atomic E-state index is 0. The van der Waals surface area contributed by atoms with Crippen molar-refractivity contribution in [3.63, 3.8) is 0 Å². The van der Waals surface area contributed by atoms with Crippen LogP contribution < -0.4 is 10.6 Å². The summed E-state index contributed by atoms with van der Waals surface area (Å²) in [5, 5.41) is 10.7. The second-order valence-electron chi connectivity index (χ2n) is 6.08. The molecule has 2 aromatic carbocycles. The first kappa shape index (κ1) is 21.9. The molecule has 0 bridgehead atoms. The number of halogens is 2. The van der Waals surface area contributed by atoms with Crippen LogP contribution in [0.2, 0.25) is 0 Å². The topological polar surface area (TPSA) is 54.2 Å². The molecule has 0 unspecified atom stereocenters. The molecule has 0 aliphatic carbocycles. The fraction of sp³-hybridized carbons (Fsp3) is 0.238. The first-order valence-electron chi connectivity index (χ1n) is 9.11. The van der Waals surface area contributed by atoms with E-state index in [4.69, 9.17) is 0 Å². The molecule has 0 aliphatic rings. The van der Waals surface area contributed by atoms with E-state index in [0.717, 1.165) is 25.2 Å². The van der Waals surface area contributed by atoms with Gasteiger partial charge in [-0.2, -0.15) is 5.10 Å². The van der Waals surface area contributed by atoms with Gasteiger partial charge in [-0.1, -0.05) is 30.3 Å². The first-order valence-corrected chi connectivity index (χ1v) is 9.11. The fourth-order valence-electron chi connectivity index (χ4n) is 2.69. The highest BCUT2D eigenvalue weighted by Gasteiger charge is 2.02. The molecule has 1 heterocycles. The molecule has 148 valence electrons. The van der Waals surface area contributed by atoms with Gasteiger partial charge in [-0.3, -0.25) is 0 Å². The van der Waals surface area contributed by atoms with E-state index in [1.165, 1.54) is 11.6 Å². The number of hydrogen-bond acceptors (Lipinski definition) is 2. The largest absolute Gasteiger partial charge is 0.357 e. The Labute approximate surface area is 182 Å². The second kappa shape index (κ2) is 11.4. The molecular formula is C21H25FIN5. The minimum Gasteiger partial charge on any atom is -0.357 e. The van der Waals surface area contributed by atoms with Crippen LogP contribution in [0.5, 0.6) is 0 Å². The Morgan fingerprint density at radius 3 is 2.54 bits per heavy atom. The summed E-state index contributed by atoms with van der Waals surface area (Å²) in [4.78, 5) is 4.47. The lowest BCUT2D eigenvalue weighted by atomic mass is 10.1. The van der Waals surface area contributed by atoms with E-state index in [1.807, 2.05) is 29.9 Å². The van der Waals surface area contributed by atoms with Crippen molar-refractivity contribution in [2.75, 3.05) is 13.1 Å². The summed E-state index contributed by atoms with van der Waals surface area (Å²) >= 11 is 0. The Morgan fingerprint density at radius 2 is 1.86 bits per heavy atom. The summed E-state index contributed by atoms with van der Waals surface area (Å²) in [7, 11) is 0. The molecule has 5 nitrogen and oxygen atoms in total. The summed E-state index contributed by atoms with van der Waals surface area (Å²) in [6.07, 6.45) is 4.55. The van der Waals surface area contributed by atoms with Crippen LogP contribution in [0.4, 0.5) is 4.39 Å². The zero-order valence-electron chi connectivity index (χ0n) is 15.8. The Morgan fingerprint density at radius 1 is 1.07 bits per heavy atom. The molecule has 1 aromatic heterocycles. The number of hydrogen-bond donors (Lipinski definition) is 2. The lowest BCUT2D eigenvalue weighted by Crippen LogP contribution is -2.38. The highest BCUT2D eigenvalue weighted by Crippen LogP contribution is 2.09. The van der Waals surface area contributed by atoms with Crippen molar-refractivity contribution in [2.45, 2.75) is 19.9 Å². The van der Waals surface area contributed by atoms with E-state index in [0.29, 0.717) is 18.1 Å². The molecule has 0 saturated heterocycles. The molecule has 2 N–H and O–H groups in total. The van der Waals surface area contributed by atoms with Crippen molar-refractivity contribution in [1.29, 1.82) is 0 Å². The van der Waals surface area contributed by atoms with Crippen LogP contribution in [-0.4, -0.2) is 28.8 Å². The molecule has 0 saturated carbocycles. The van der Waals surface area contributed by atoms with Crippen LogP contribution in [0.15, 0.2) is 72.0 Å². The van der Waals surface area contributed by atoms with Crippen LogP contribution in [0.1, 0.15) is 18.1 Å². The van der Waals surface area contributed by atoms with Gasteiger partial charge in [-0.15, -0.1) is 24.0 Å². The monoisotopic (exact) mass is 493 g/mol. The molecule has 0 atom stereocenters. The number of nitrogens with one attached hydrogen (secondary N) is 2. The third kappa shape index (κ3) is 6.33. The van der Waals surface area contributed by atoms with E-state index in [1.54, 1.807) is 18.3 Å². The number of rotatable bonds is 7. The van der Waals surface area contributed by atoms with Crippen molar-refractivity contribution < 1.29 is 4.39 Å². The summed E-state index contributed by atoms with van der Waals surface area (Å²) in [6, 6.07) is 16.9. The van der Waals surface area contributed by atoms with Gasteiger partial charge in [0.1, 0.15) is 5.82 Å². The standard InChI is InChI=1S/C21H24FN5.HI/c1-2-23-21(25-16-18-6-3-4-7-20(18)22)24-14-12-17-8-10-19(11-9-17)27-15-5-13-26-27;/h3-11,13,15H,2,12,14,16H2,1H3,(H2,23,24,25);1H. The van der Waals surface area contributed by atoms with Crippen molar-refractivity contribution >= 4 is 29.9 Å². The van der Waals surface area contributed by atoms with Crippen molar-refractivity contribution in [3.05, 3.63) is 83.9 Å². The maximum atomic E-state index is 13.7. The van der Waals surface area contributed by atoms with E-state index >= 15 is 0 Å². The van der Waals surface area contributed by atoms with Gasteiger partial charge < -0.3 is 10.6 Å². The average Bonchev–Trinajstić information content (AvgIpc) is 3.22. The van der Waals surface area contributed by atoms with E-state index in [2.05, 4.69) is 45.0 Å². The van der Waals surface area contributed by atoms with Crippen molar-refractivity contribution in [2.24, 2.45) is 4.99 Å². The zero-order chi connectivity index (χ0) is 18.9. The van der Waals surface area contributed by atoms with Crippen LogP contribution in [-0.2, 0) is 13.0 Å². The molecule has 0 radical (unpaired) electrons. The van der Waals surface area contributed by atoms with E-state index < -0.39 is 0 Å². The van der Waals surface area contributed by atoms with Crippen LogP contribution >= 0.6 is 24.0 Å². The lowest BCUT2D eigenvalue weighted by molar-refractivity contribution is 0.610. The SMILES string of the molecule is CCNC(=NCc1ccccc1F)NCCc1ccc(-n2cccn2)cc1.I. The second-order valence-corrected chi connectivity index (χ2v) is 6.08. The number of aliphatic imine (C=N–C) groups is 1. The van der Waals surface area contributed by atoms with Crippen LogP contribution in [0, 0.1) is 5.82 Å². The highest BCUT2D eigenvalue weighted by molar-refractivity contribution is 14.0. The average molecular weight is 493 g/mol. The molecule has 0 aliphatic heterocycles. The normalized spacial score (nSPS) is 11.0. The van der Waals surface area contributed by atoms with Crippen molar-refractivity contribution in [1.82, 2.24) is 20.4 Å². The summed E-state index contributed by atoms with van der Waals surface area (Å²) in [5.41, 5.74) is 2.85. The molecule has 3 aromatic rings. The number of guanidine groups is 1. The molecule has 0 amide bonds. The maximum absolute atomic E-state index is 13.7. The van der Waals surface area contributed by atoms with Gasteiger partial charge in [0.05, 0.1) is 12.2 Å². The predicted octanol–water partition coefficient (Wildman–Crippen LogP) is 3.93. The number of aromatic nitrogens is 2. The van der Waals surface area contributed by atoms with Crippen LogP contribution in [0.25, 0.3) is 5.69 Å². The van der Waals surface area contributed by atoms with Gasteiger partial charge in [-0.25, -0.2) is 14.1 Å². The Bertz CT molecular complexity index is 863. The lowest BCUT2D eigenvalue weighted by Gasteiger charge is -2.12. The molecule has 0 fully saturated rings. The Kier molecular flexibility index (Phi) is 8.93. The quantitative estimate of drug-likeness (QED) is 0.298. The number of nitrogens with zero attached hydrogens (tertiary/aromatic N) is 3. The van der Waals surface area contributed by atoms with E-state index in [9.17, 15) is 4.39 Å². The molecular weight excluding hydrogens is 468 g/mol. The minimum atomic E-state index is -0.227. The summed E-state index contributed by atoms with van der Waals surface area (Å²) in [5.74, 6) is 0.461. The third-order valence-electron chi connectivity index (χ3n) is 4.12. The molecule has 7 heteroatoms. The van der Waals surface area contributed by atoms with Gasteiger partial charge in [0, 0.05) is 31.0 Å². The molecule has 3 rings (SSSR count). The maximum Gasteiger partial charge on any atom is 0.191 e. The van der Waals surface area contributed by atoms with Crippen molar-refractivity contribution in [3.8, 4) is 5.69 Å². The third-order valence-corrected chi connectivity index (χ3v) is 4.12. The molecule has 28 heavy (non-hydrogen) atoms. The zero-order valence-corrected chi connectivity index (χ0v) is 18.1. The van der Waals surface area contributed by atoms with Gasteiger partial charge in [0.25, 0.3) is 0 Å². The van der Waals surface area contributed by atoms with Gasteiger partial charge in [0.15, 0.2) is 5.96 Å². The summed E-state index contributed by atoms with van der Waals surface area (Å²) < 4.78 is 15.6. The highest BCUT2D eigenvalue weighted by atomic mass is 127. The predicted molar refractivity (Wildman–Crippen MR) is 122 cm³/mol. The first-order chi connectivity index (χ1) is 13.3. The van der Waals surface area contributed by atoms with Gasteiger partial charge in [-0.05, 0) is 43.2 Å². The smallest absolute Gasteiger partial charge is 0.191 e. The summed E-state index contributed by atoms with van der Waals surface area (Å²) in [6.45, 7) is 3.81. The Hall–Kier alpha value is -2.42. The van der Waals surface area contributed by atoms with Gasteiger partial charge >= 0.3 is 0 Å². The molecule has 0 spiro atoms. The van der Waals surface area contributed by atoms with E-state index in [-0.39, 0.29) is 29.8 Å². The number of benzene rings is 2. The van der Waals surface area contributed by atoms with Gasteiger partial charge in [0.2, 0.25) is 0 Å². The Balaban J connectivity index is 0.00000280. The van der Waals surface area contributed by atoms with Crippen LogP contribution in [0.3, 0.4) is 0 Å². The fourth-order valence-corrected chi connectivity index (χ4v) is 2.69.